The summed E-state index contributed by atoms with van der Waals surface area (Å²) >= 11 is 1.87. The summed E-state index contributed by atoms with van der Waals surface area (Å²) in [6, 6.07) is 45.9. The van der Waals surface area contributed by atoms with Crippen molar-refractivity contribution in [3.05, 3.63) is 134 Å². The number of hydrogen-bond donors (Lipinski definition) is 0. The molecule has 0 unspecified atom stereocenters. The van der Waals surface area contributed by atoms with Gasteiger partial charge in [-0.25, -0.2) is 0 Å². The minimum absolute atomic E-state index is 0.840. The predicted molar refractivity (Wildman–Crippen MR) is 182 cm³/mol. The standard InChI is InChI=1S/C40H22O2S/c1-3-11-29-27(9-1)36(24-16-18-26-25-8-5-6-15-34(25)43-35(26)22-24)28-10-2-4-12-30(28)37(29)31-13-7-14-32-38(31)39-33(42-32)19-17-23-20-21-41-40(23)39/h1-22H. The molecular weight excluding hydrogens is 545 g/mol. The second-order valence-corrected chi connectivity index (χ2v) is 12.3. The van der Waals surface area contributed by atoms with Gasteiger partial charge >= 0.3 is 0 Å². The van der Waals surface area contributed by atoms with Gasteiger partial charge in [-0.1, -0.05) is 91.0 Å². The van der Waals surface area contributed by atoms with Gasteiger partial charge in [-0.05, 0) is 80.2 Å². The zero-order valence-electron chi connectivity index (χ0n) is 22.9. The SMILES string of the molecule is c1cc(-c2c3ccccc3c(-c3ccc4c(c3)sc3ccccc34)c3ccccc23)c2c(c1)oc1ccc3ccoc3c12. The monoisotopic (exact) mass is 566 g/mol. The third-order valence-corrected chi connectivity index (χ3v) is 10.1. The fourth-order valence-electron chi connectivity index (χ4n) is 7.15. The summed E-state index contributed by atoms with van der Waals surface area (Å²) in [5, 5.41) is 10.8. The highest BCUT2D eigenvalue weighted by atomic mass is 32.1. The van der Waals surface area contributed by atoms with Crippen LogP contribution in [0.5, 0.6) is 0 Å². The van der Waals surface area contributed by atoms with Crippen molar-refractivity contribution >= 4 is 86.0 Å². The highest BCUT2D eigenvalue weighted by molar-refractivity contribution is 7.25. The van der Waals surface area contributed by atoms with Crippen molar-refractivity contribution < 1.29 is 8.83 Å². The van der Waals surface area contributed by atoms with Crippen molar-refractivity contribution in [1.29, 1.82) is 0 Å². The van der Waals surface area contributed by atoms with Crippen molar-refractivity contribution in [1.82, 2.24) is 0 Å². The fourth-order valence-corrected chi connectivity index (χ4v) is 8.29. The van der Waals surface area contributed by atoms with Crippen LogP contribution < -0.4 is 0 Å². The van der Waals surface area contributed by atoms with E-state index in [1.807, 2.05) is 17.4 Å². The normalized spacial score (nSPS) is 12.2. The van der Waals surface area contributed by atoms with Crippen LogP contribution in [0.1, 0.15) is 0 Å². The molecule has 200 valence electrons. The van der Waals surface area contributed by atoms with Gasteiger partial charge in [-0.2, -0.15) is 0 Å². The van der Waals surface area contributed by atoms with Crippen LogP contribution in [-0.4, -0.2) is 0 Å². The largest absolute Gasteiger partial charge is 0.464 e. The molecule has 10 aromatic rings. The van der Waals surface area contributed by atoms with Crippen LogP contribution in [0, 0.1) is 0 Å². The first-order valence-electron chi connectivity index (χ1n) is 14.5. The average molecular weight is 567 g/mol. The zero-order chi connectivity index (χ0) is 28.1. The van der Waals surface area contributed by atoms with E-state index in [0.717, 1.165) is 38.5 Å². The summed E-state index contributed by atoms with van der Waals surface area (Å²) < 4.78 is 15.1. The Kier molecular flexibility index (Phi) is 4.63. The van der Waals surface area contributed by atoms with E-state index in [1.54, 1.807) is 6.26 Å². The molecule has 0 aliphatic carbocycles. The van der Waals surface area contributed by atoms with Gasteiger partial charge in [-0.3, -0.25) is 0 Å². The number of hydrogen-bond acceptors (Lipinski definition) is 3. The van der Waals surface area contributed by atoms with Crippen LogP contribution in [-0.2, 0) is 0 Å². The molecule has 0 atom stereocenters. The Morgan fingerprint density at radius 2 is 1.14 bits per heavy atom. The van der Waals surface area contributed by atoms with Crippen LogP contribution in [0.2, 0.25) is 0 Å². The molecule has 0 bridgehead atoms. The number of furan rings is 2. The lowest BCUT2D eigenvalue weighted by molar-refractivity contribution is 0.618. The lowest BCUT2D eigenvalue weighted by atomic mass is 9.85. The maximum Gasteiger partial charge on any atom is 0.145 e. The van der Waals surface area contributed by atoms with E-state index in [9.17, 15) is 0 Å². The minimum atomic E-state index is 0.840. The van der Waals surface area contributed by atoms with Crippen molar-refractivity contribution in [3.8, 4) is 22.3 Å². The smallest absolute Gasteiger partial charge is 0.145 e. The number of benzene rings is 7. The molecule has 0 aliphatic heterocycles. The molecule has 43 heavy (non-hydrogen) atoms. The molecule has 3 aromatic heterocycles. The van der Waals surface area contributed by atoms with Gasteiger partial charge in [0.15, 0.2) is 0 Å². The Bertz CT molecular complexity index is 2680. The van der Waals surface area contributed by atoms with E-state index in [2.05, 4.69) is 121 Å². The first-order valence-corrected chi connectivity index (χ1v) is 15.3. The summed E-state index contributed by atoms with van der Waals surface area (Å²) in [6.45, 7) is 0. The first kappa shape index (κ1) is 23.2. The van der Waals surface area contributed by atoms with Gasteiger partial charge in [0.2, 0.25) is 0 Å². The van der Waals surface area contributed by atoms with Crippen LogP contribution in [0.15, 0.2) is 142 Å². The van der Waals surface area contributed by atoms with Crippen molar-refractivity contribution in [2.24, 2.45) is 0 Å². The Hall–Kier alpha value is -5.38. The van der Waals surface area contributed by atoms with Gasteiger partial charge in [-0.15, -0.1) is 11.3 Å². The molecule has 0 saturated heterocycles. The molecule has 0 fully saturated rings. The molecule has 0 radical (unpaired) electrons. The summed E-state index contributed by atoms with van der Waals surface area (Å²) in [4.78, 5) is 0. The van der Waals surface area contributed by atoms with E-state index in [4.69, 9.17) is 8.83 Å². The molecule has 3 heterocycles. The molecule has 0 aliphatic rings. The van der Waals surface area contributed by atoms with E-state index in [-0.39, 0.29) is 0 Å². The number of rotatable bonds is 2. The highest BCUT2D eigenvalue weighted by Gasteiger charge is 2.22. The molecule has 10 rings (SSSR count). The maximum atomic E-state index is 6.42. The zero-order valence-corrected chi connectivity index (χ0v) is 23.7. The second kappa shape index (κ2) is 8.57. The van der Waals surface area contributed by atoms with Gasteiger partial charge in [0.1, 0.15) is 16.7 Å². The minimum Gasteiger partial charge on any atom is -0.464 e. The lowest BCUT2D eigenvalue weighted by Gasteiger charge is -2.18. The number of fused-ring (bicyclic) bond motifs is 10. The van der Waals surface area contributed by atoms with E-state index in [0.29, 0.717) is 0 Å². The lowest BCUT2D eigenvalue weighted by Crippen LogP contribution is -1.91. The summed E-state index contributed by atoms with van der Waals surface area (Å²) in [5.41, 5.74) is 7.45. The Morgan fingerprint density at radius 3 is 1.93 bits per heavy atom. The van der Waals surface area contributed by atoms with E-state index < -0.39 is 0 Å². The molecule has 0 spiro atoms. The Morgan fingerprint density at radius 1 is 0.465 bits per heavy atom. The molecule has 7 aromatic carbocycles. The first-order chi connectivity index (χ1) is 21.3. The second-order valence-electron chi connectivity index (χ2n) is 11.2. The van der Waals surface area contributed by atoms with Crippen LogP contribution in [0.4, 0.5) is 0 Å². The van der Waals surface area contributed by atoms with Gasteiger partial charge in [0.05, 0.1) is 11.6 Å². The maximum absolute atomic E-state index is 6.42. The molecular formula is C40H22O2S. The third-order valence-electron chi connectivity index (χ3n) is 8.95. The molecule has 0 amide bonds. The molecule has 0 saturated carbocycles. The van der Waals surface area contributed by atoms with Crippen LogP contribution in [0.25, 0.3) is 96.9 Å². The Labute approximate surface area is 250 Å². The van der Waals surface area contributed by atoms with Crippen molar-refractivity contribution in [3.63, 3.8) is 0 Å². The van der Waals surface area contributed by atoms with Crippen LogP contribution >= 0.6 is 11.3 Å². The summed E-state index contributed by atoms with van der Waals surface area (Å²) in [5.74, 6) is 0. The average Bonchev–Trinajstić information content (AvgIpc) is 3.78. The fraction of sp³-hybridized carbons (Fsp3) is 0. The highest BCUT2D eigenvalue weighted by Crippen LogP contribution is 2.48. The number of thiophene rings is 1. The molecule has 3 heteroatoms. The van der Waals surface area contributed by atoms with Gasteiger partial charge in [0, 0.05) is 30.9 Å². The van der Waals surface area contributed by atoms with E-state index in [1.165, 1.54) is 58.4 Å². The molecule has 0 N–H and O–H groups in total. The van der Waals surface area contributed by atoms with E-state index >= 15 is 0 Å². The van der Waals surface area contributed by atoms with Crippen molar-refractivity contribution in [2.45, 2.75) is 0 Å². The topological polar surface area (TPSA) is 26.3 Å². The molecule has 2 nitrogen and oxygen atoms in total. The summed E-state index contributed by atoms with van der Waals surface area (Å²) in [7, 11) is 0. The summed E-state index contributed by atoms with van der Waals surface area (Å²) in [6.07, 6.45) is 1.76. The quantitative estimate of drug-likeness (QED) is 0.195. The Balaban J connectivity index is 1.35. The third kappa shape index (κ3) is 3.17. The predicted octanol–water partition coefficient (Wildman–Crippen LogP) is 12.3. The van der Waals surface area contributed by atoms with Gasteiger partial charge in [0.25, 0.3) is 0 Å². The van der Waals surface area contributed by atoms with Crippen molar-refractivity contribution in [2.75, 3.05) is 0 Å². The van der Waals surface area contributed by atoms with Crippen LogP contribution in [0.3, 0.4) is 0 Å². The van der Waals surface area contributed by atoms with Gasteiger partial charge < -0.3 is 8.83 Å².